The maximum Gasteiger partial charge on any atom is 0.277 e. The zero-order valence-electron chi connectivity index (χ0n) is 14.3. The Labute approximate surface area is 159 Å². The molecule has 1 aromatic carbocycles. The van der Waals surface area contributed by atoms with Crippen molar-refractivity contribution in [3.05, 3.63) is 62.9 Å². The monoisotopic (exact) mass is 395 g/mol. The molecule has 0 aliphatic rings. The molecule has 3 rings (SSSR count). The largest absolute Gasteiger partial charge is 0.317 e. The number of carbonyl (C=O) groups is 1. The van der Waals surface area contributed by atoms with Crippen LogP contribution in [0.3, 0.4) is 0 Å². The molecule has 136 valence electrons. The van der Waals surface area contributed by atoms with E-state index in [9.17, 15) is 9.18 Å². The van der Waals surface area contributed by atoms with E-state index in [2.05, 4.69) is 15.5 Å². The van der Waals surface area contributed by atoms with Gasteiger partial charge in [-0.2, -0.15) is 10.2 Å². The van der Waals surface area contributed by atoms with E-state index in [0.29, 0.717) is 22.9 Å². The summed E-state index contributed by atoms with van der Waals surface area (Å²) in [6.07, 6.45) is 1.55. The van der Waals surface area contributed by atoms with Crippen molar-refractivity contribution in [1.82, 2.24) is 19.6 Å². The maximum atomic E-state index is 13.2. The Kier molecular flexibility index (Phi) is 5.02. The standard InChI is InChI=1S/C17H16Cl2FN5O/c1-9-15(21-17(26)16-14(19)8-24(3)23-16)10(2)25(22-9)7-11-4-5-12(20)6-13(11)18/h4-6,8H,7H2,1-3H3,(H,21,26). The Morgan fingerprint density at radius 1 is 1.23 bits per heavy atom. The Hall–Kier alpha value is -2.38. The first kappa shape index (κ1) is 18.4. The van der Waals surface area contributed by atoms with Gasteiger partial charge in [0.2, 0.25) is 0 Å². The highest BCUT2D eigenvalue weighted by Crippen LogP contribution is 2.24. The number of carbonyl (C=O) groups excluding carboxylic acids is 1. The molecule has 0 aliphatic heterocycles. The topological polar surface area (TPSA) is 64.7 Å². The van der Waals surface area contributed by atoms with E-state index in [0.717, 1.165) is 11.3 Å². The van der Waals surface area contributed by atoms with Crippen LogP contribution in [0.25, 0.3) is 0 Å². The molecular weight excluding hydrogens is 380 g/mol. The van der Waals surface area contributed by atoms with E-state index >= 15 is 0 Å². The lowest BCUT2D eigenvalue weighted by Crippen LogP contribution is -2.15. The third kappa shape index (κ3) is 3.59. The minimum Gasteiger partial charge on any atom is -0.317 e. The summed E-state index contributed by atoms with van der Waals surface area (Å²) < 4.78 is 16.4. The first-order chi connectivity index (χ1) is 12.3. The number of amides is 1. The van der Waals surface area contributed by atoms with E-state index in [-0.39, 0.29) is 10.7 Å². The lowest BCUT2D eigenvalue weighted by molar-refractivity contribution is 0.102. The van der Waals surface area contributed by atoms with Gasteiger partial charge in [0.1, 0.15) is 5.82 Å². The smallest absolute Gasteiger partial charge is 0.277 e. The zero-order chi connectivity index (χ0) is 19.0. The lowest BCUT2D eigenvalue weighted by atomic mass is 10.2. The molecular formula is C17H16Cl2FN5O. The van der Waals surface area contributed by atoms with E-state index in [4.69, 9.17) is 23.2 Å². The molecule has 26 heavy (non-hydrogen) atoms. The Balaban J connectivity index is 1.86. The van der Waals surface area contributed by atoms with Crippen LogP contribution in [0.15, 0.2) is 24.4 Å². The van der Waals surface area contributed by atoms with Gasteiger partial charge in [-0.3, -0.25) is 14.2 Å². The fourth-order valence-electron chi connectivity index (χ4n) is 2.63. The van der Waals surface area contributed by atoms with E-state index in [1.807, 2.05) is 6.92 Å². The molecule has 0 bridgehead atoms. The number of benzene rings is 1. The number of anilines is 1. The minimum absolute atomic E-state index is 0.141. The highest BCUT2D eigenvalue weighted by atomic mass is 35.5. The molecule has 6 nitrogen and oxygen atoms in total. The van der Waals surface area contributed by atoms with Crippen molar-refractivity contribution in [2.45, 2.75) is 20.4 Å². The van der Waals surface area contributed by atoms with Gasteiger partial charge >= 0.3 is 0 Å². The van der Waals surface area contributed by atoms with Crippen molar-refractivity contribution in [2.24, 2.45) is 7.05 Å². The second kappa shape index (κ2) is 7.09. The fraction of sp³-hybridized carbons (Fsp3) is 0.235. The summed E-state index contributed by atoms with van der Waals surface area (Å²) in [4.78, 5) is 12.4. The van der Waals surface area contributed by atoms with Gasteiger partial charge in [-0.1, -0.05) is 29.3 Å². The van der Waals surface area contributed by atoms with Gasteiger partial charge in [-0.25, -0.2) is 4.39 Å². The van der Waals surface area contributed by atoms with Crippen LogP contribution < -0.4 is 5.32 Å². The third-order valence-electron chi connectivity index (χ3n) is 3.95. The van der Waals surface area contributed by atoms with Crippen LogP contribution in [-0.2, 0) is 13.6 Å². The summed E-state index contributed by atoms with van der Waals surface area (Å²) in [6.45, 7) is 3.96. The molecule has 0 aliphatic carbocycles. The lowest BCUT2D eigenvalue weighted by Gasteiger charge is -2.08. The molecule has 9 heteroatoms. The number of aryl methyl sites for hydroxylation is 2. The van der Waals surface area contributed by atoms with Crippen LogP contribution in [0.2, 0.25) is 10.0 Å². The van der Waals surface area contributed by atoms with Gasteiger partial charge < -0.3 is 5.32 Å². The van der Waals surface area contributed by atoms with Crippen LogP contribution >= 0.6 is 23.2 Å². The Bertz CT molecular complexity index is 995. The molecule has 0 unspecified atom stereocenters. The van der Waals surface area contributed by atoms with Crippen LogP contribution in [-0.4, -0.2) is 25.5 Å². The quantitative estimate of drug-likeness (QED) is 0.726. The zero-order valence-corrected chi connectivity index (χ0v) is 15.9. The molecule has 1 amide bonds. The van der Waals surface area contributed by atoms with Crippen molar-refractivity contribution in [3.63, 3.8) is 0 Å². The number of aromatic nitrogens is 4. The number of rotatable bonds is 4. The summed E-state index contributed by atoms with van der Waals surface area (Å²) in [5, 5.41) is 11.9. The summed E-state index contributed by atoms with van der Waals surface area (Å²) in [5.74, 6) is -0.812. The van der Waals surface area contributed by atoms with E-state index < -0.39 is 11.7 Å². The first-order valence-corrected chi connectivity index (χ1v) is 8.50. The predicted octanol–water partition coefficient (Wildman–Crippen LogP) is 3.98. The van der Waals surface area contributed by atoms with Gasteiger partial charge in [0.15, 0.2) is 5.69 Å². The highest BCUT2D eigenvalue weighted by molar-refractivity contribution is 6.34. The van der Waals surface area contributed by atoms with Crippen molar-refractivity contribution < 1.29 is 9.18 Å². The van der Waals surface area contributed by atoms with E-state index in [1.165, 1.54) is 16.8 Å². The first-order valence-electron chi connectivity index (χ1n) is 7.74. The highest BCUT2D eigenvalue weighted by Gasteiger charge is 2.19. The molecule has 0 spiro atoms. The fourth-order valence-corrected chi connectivity index (χ4v) is 3.12. The predicted molar refractivity (Wildman–Crippen MR) is 98.4 cm³/mol. The normalized spacial score (nSPS) is 11.0. The molecule has 3 aromatic rings. The van der Waals surface area contributed by atoms with Crippen molar-refractivity contribution >= 4 is 34.8 Å². The second-order valence-electron chi connectivity index (χ2n) is 5.89. The molecule has 0 fully saturated rings. The van der Waals surface area contributed by atoms with Gasteiger partial charge in [-0.05, 0) is 31.5 Å². The minimum atomic E-state index is -0.416. The number of hydrogen-bond acceptors (Lipinski definition) is 3. The van der Waals surface area contributed by atoms with Crippen molar-refractivity contribution in [3.8, 4) is 0 Å². The molecule has 2 aromatic heterocycles. The van der Waals surface area contributed by atoms with Gasteiger partial charge in [0.25, 0.3) is 5.91 Å². The summed E-state index contributed by atoms with van der Waals surface area (Å²) in [6, 6.07) is 4.22. The molecule has 0 saturated heterocycles. The van der Waals surface area contributed by atoms with Crippen molar-refractivity contribution in [2.75, 3.05) is 5.32 Å². The average Bonchev–Trinajstić information content (AvgIpc) is 3.03. The van der Waals surface area contributed by atoms with Crippen LogP contribution in [0.1, 0.15) is 27.4 Å². The van der Waals surface area contributed by atoms with E-state index in [1.54, 1.807) is 30.9 Å². The van der Waals surface area contributed by atoms with Crippen LogP contribution in [0, 0.1) is 19.7 Å². The summed E-state index contributed by atoms with van der Waals surface area (Å²) in [7, 11) is 1.68. The number of nitrogens with zero attached hydrogens (tertiary/aromatic N) is 4. The average molecular weight is 396 g/mol. The Morgan fingerprint density at radius 3 is 2.58 bits per heavy atom. The summed E-state index contributed by atoms with van der Waals surface area (Å²) in [5.41, 5.74) is 2.82. The second-order valence-corrected chi connectivity index (χ2v) is 6.71. The molecule has 0 atom stereocenters. The SMILES string of the molecule is Cc1nn(Cc2ccc(F)cc2Cl)c(C)c1NC(=O)c1nn(C)cc1Cl. The number of halogens is 3. The molecule has 0 radical (unpaired) electrons. The molecule has 1 N–H and O–H groups in total. The van der Waals surface area contributed by atoms with Crippen LogP contribution in [0.4, 0.5) is 10.1 Å². The number of nitrogens with one attached hydrogen (secondary N) is 1. The third-order valence-corrected chi connectivity index (χ3v) is 4.58. The maximum absolute atomic E-state index is 13.2. The van der Waals surface area contributed by atoms with Crippen LogP contribution in [0.5, 0.6) is 0 Å². The molecule has 2 heterocycles. The van der Waals surface area contributed by atoms with Gasteiger partial charge in [-0.15, -0.1) is 0 Å². The molecule has 0 saturated carbocycles. The van der Waals surface area contributed by atoms with Gasteiger partial charge in [0, 0.05) is 18.3 Å². The summed E-state index contributed by atoms with van der Waals surface area (Å²) >= 11 is 12.1. The Morgan fingerprint density at radius 2 is 1.96 bits per heavy atom. The number of hydrogen-bond donors (Lipinski definition) is 1. The van der Waals surface area contributed by atoms with Gasteiger partial charge in [0.05, 0.1) is 28.6 Å². The van der Waals surface area contributed by atoms with Crippen molar-refractivity contribution in [1.29, 1.82) is 0 Å².